The van der Waals surface area contributed by atoms with Crippen molar-refractivity contribution in [3.8, 4) is 0 Å². The second kappa shape index (κ2) is 3.94. The fourth-order valence-corrected chi connectivity index (χ4v) is 2.30. The first-order chi connectivity index (χ1) is 7.13. The SMILES string of the molecule is COC(=O)c1cc(Br)cc2n[nH]c(Br)c12. The molecule has 15 heavy (non-hydrogen) atoms. The van der Waals surface area contributed by atoms with Gasteiger partial charge in [-0.15, -0.1) is 0 Å². The van der Waals surface area contributed by atoms with Crippen LogP contribution in [-0.2, 0) is 4.74 Å². The van der Waals surface area contributed by atoms with E-state index in [1.165, 1.54) is 7.11 Å². The monoisotopic (exact) mass is 332 g/mol. The summed E-state index contributed by atoms with van der Waals surface area (Å²) in [6, 6.07) is 3.53. The minimum atomic E-state index is -0.386. The van der Waals surface area contributed by atoms with Gasteiger partial charge in [0.15, 0.2) is 0 Å². The Morgan fingerprint density at radius 1 is 1.47 bits per heavy atom. The number of nitrogens with one attached hydrogen (secondary N) is 1. The van der Waals surface area contributed by atoms with E-state index in [4.69, 9.17) is 4.74 Å². The molecular formula is C9H6Br2N2O2. The molecule has 0 radical (unpaired) electrons. The van der Waals surface area contributed by atoms with Crippen molar-refractivity contribution in [2.24, 2.45) is 0 Å². The average Bonchev–Trinajstić information content (AvgIpc) is 2.58. The number of ether oxygens (including phenoxy) is 1. The predicted molar refractivity (Wildman–Crippen MR) is 62.8 cm³/mol. The number of H-pyrrole nitrogens is 1. The van der Waals surface area contributed by atoms with Crippen molar-refractivity contribution in [3.63, 3.8) is 0 Å². The molecule has 78 valence electrons. The van der Waals surface area contributed by atoms with Gasteiger partial charge in [0.1, 0.15) is 4.60 Å². The summed E-state index contributed by atoms with van der Waals surface area (Å²) in [6.45, 7) is 0. The molecule has 0 aliphatic heterocycles. The van der Waals surface area contributed by atoms with Gasteiger partial charge in [-0.3, -0.25) is 5.10 Å². The number of hydrogen-bond donors (Lipinski definition) is 1. The molecule has 0 saturated carbocycles. The van der Waals surface area contributed by atoms with Crippen molar-refractivity contribution in [1.29, 1.82) is 0 Å². The van der Waals surface area contributed by atoms with Gasteiger partial charge in [-0.1, -0.05) is 15.9 Å². The Balaban J connectivity index is 2.80. The fraction of sp³-hybridized carbons (Fsp3) is 0.111. The van der Waals surface area contributed by atoms with Crippen LogP contribution in [0.2, 0.25) is 0 Å². The number of aromatic amines is 1. The zero-order valence-electron chi connectivity index (χ0n) is 7.67. The van der Waals surface area contributed by atoms with E-state index in [1.54, 1.807) is 6.07 Å². The molecule has 1 N–H and O–H groups in total. The molecule has 2 aromatic rings. The third-order valence-corrected chi connectivity index (χ3v) is 3.01. The summed E-state index contributed by atoms with van der Waals surface area (Å²) in [5.74, 6) is -0.386. The molecule has 1 aromatic heterocycles. The molecule has 6 heteroatoms. The number of rotatable bonds is 1. The molecular weight excluding hydrogens is 328 g/mol. The molecule has 2 rings (SSSR count). The molecule has 0 saturated heterocycles. The predicted octanol–water partition coefficient (Wildman–Crippen LogP) is 2.87. The van der Waals surface area contributed by atoms with Gasteiger partial charge in [-0.25, -0.2) is 4.79 Å². The molecule has 0 unspecified atom stereocenters. The van der Waals surface area contributed by atoms with Crippen LogP contribution in [-0.4, -0.2) is 23.3 Å². The minimum absolute atomic E-state index is 0.386. The number of esters is 1. The molecule has 0 spiro atoms. The number of hydrogen-bond acceptors (Lipinski definition) is 3. The Kier molecular flexibility index (Phi) is 2.79. The molecule has 0 atom stereocenters. The number of carbonyl (C=O) groups excluding carboxylic acids is 1. The Bertz CT molecular complexity index is 536. The third kappa shape index (κ3) is 1.79. The first-order valence-corrected chi connectivity index (χ1v) is 5.63. The molecule has 0 bridgehead atoms. The quantitative estimate of drug-likeness (QED) is 0.816. The lowest BCUT2D eigenvalue weighted by Gasteiger charge is -2.01. The second-order valence-corrected chi connectivity index (χ2v) is 4.59. The van der Waals surface area contributed by atoms with Gasteiger partial charge >= 0.3 is 5.97 Å². The second-order valence-electron chi connectivity index (χ2n) is 2.88. The summed E-state index contributed by atoms with van der Waals surface area (Å²) >= 11 is 6.61. The first kappa shape index (κ1) is 10.6. The largest absolute Gasteiger partial charge is 0.465 e. The zero-order chi connectivity index (χ0) is 11.0. The van der Waals surface area contributed by atoms with E-state index in [-0.39, 0.29) is 5.97 Å². The van der Waals surface area contributed by atoms with Gasteiger partial charge in [0.25, 0.3) is 0 Å². The van der Waals surface area contributed by atoms with Crippen LogP contribution in [0.25, 0.3) is 10.9 Å². The van der Waals surface area contributed by atoms with E-state index < -0.39 is 0 Å². The van der Waals surface area contributed by atoms with Crippen molar-refractivity contribution in [2.75, 3.05) is 7.11 Å². The van der Waals surface area contributed by atoms with Gasteiger partial charge in [0, 0.05) is 9.86 Å². The molecule has 1 heterocycles. The lowest BCUT2D eigenvalue weighted by molar-refractivity contribution is 0.0603. The molecule has 0 aliphatic rings. The van der Waals surface area contributed by atoms with Crippen LogP contribution in [0.3, 0.4) is 0 Å². The summed E-state index contributed by atoms with van der Waals surface area (Å²) in [5, 5.41) is 7.53. The summed E-state index contributed by atoms with van der Waals surface area (Å²) in [6.07, 6.45) is 0. The van der Waals surface area contributed by atoms with Crippen LogP contribution in [0.5, 0.6) is 0 Å². The van der Waals surface area contributed by atoms with Crippen LogP contribution in [0.15, 0.2) is 21.2 Å². The van der Waals surface area contributed by atoms with Crippen molar-refractivity contribution in [1.82, 2.24) is 10.2 Å². The van der Waals surface area contributed by atoms with E-state index >= 15 is 0 Å². The Labute approximate surface area is 102 Å². The normalized spacial score (nSPS) is 10.6. The topological polar surface area (TPSA) is 55.0 Å². The summed E-state index contributed by atoms with van der Waals surface area (Å²) in [4.78, 5) is 11.5. The summed E-state index contributed by atoms with van der Waals surface area (Å²) in [7, 11) is 1.35. The highest BCUT2D eigenvalue weighted by atomic mass is 79.9. The molecule has 0 fully saturated rings. The standard InChI is InChI=1S/C9H6Br2N2O2/c1-15-9(14)5-2-4(10)3-6-7(5)8(11)13-12-6/h2-3H,1H3,(H,12,13). The number of methoxy groups -OCH3 is 1. The highest BCUT2D eigenvalue weighted by molar-refractivity contribution is 9.10. The van der Waals surface area contributed by atoms with Crippen molar-refractivity contribution >= 4 is 48.7 Å². The number of benzene rings is 1. The van der Waals surface area contributed by atoms with Crippen LogP contribution >= 0.6 is 31.9 Å². The highest BCUT2D eigenvalue weighted by Gasteiger charge is 2.16. The lowest BCUT2D eigenvalue weighted by atomic mass is 10.1. The maximum Gasteiger partial charge on any atom is 0.338 e. The Morgan fingerprint density at radius 3 is 2.87 bits per heavy atom. The van der Waals surface area contributed by atoms with Crippen LogP contribution in [0.1, 0.15) is 10.4 Å². The highest BCUT2D eigenvalue weighted by Crippen LogP contribution is 2.28. The van der Waals surface area contributed by atoms with Crippen LogP contribution in [0, 0.1) is 0 Å². The van der Waals surface area contributed by atoms with Crippen molar-refractivity contribution in [3.05, 3.63) is 26.8 Å². The fourth-order valence-electron chi connectivity index (χ4n) is 1.35. The lowest BCUT2D eigenvalue weighted by Crippen LogP contribution is -2.01. The van der Waals surface area contributed by atoms with E-state index in [1.807, 2.05) is 6.07 Å². The van der Waals surface area contributed by atoms with E-state index in [0.717, 1.165) is 9.86 Å². The van der Waals surface area contributed by atoms with E-state index in [2.05, 4.69) is 42.1 Å². The van der Waals surface area contributed by atoms with E-state index in [0.29, 0.717) is 15.7 Å². The Hall–Kier alpha value is -0.880. The number of carbonyl (C=O) groups is 1. The third-order valence-electron chi connectivity index (χ3n) is 1.98. The molecule has 0 aliphatic carbocycles. The van der Waals surface area contributed by atoms with Crippen LogP contribution < -0.4 is 0 Å². The summed E-state index contributed by atoms with van der Waals surface area (Å²) in [5.41, 5.74) is 1.18. The van der Waals surface area contributed by atoms with Gasteiger partial charge < -0.3 is 4.74 Å². The number of aromatic nitrogens is 2. The van der Waals surface area contributed by atoms with Gasteiger partial charge in [-0.05, 0) is 28.1 Å². The molecule has 4 nitrogen and oxygen atoms in total. The Morgan fingerprint density at radius 2 is 2.20 bits per heavy atom. The maximum absolute atomic E-state index is 11.5. The van der Waals surface area contributed by atoms with Crippen molar-refractivity contribution in [2.45, 2.75) is 0 Å². The van der Waals surface area contributed by atoms with Crippen LogP contribution in [0.4, 0.5) is 0 Å². The van der Waals surface area contributed by atoms with Gasteiger partial charge in [-0.2, -0.15) is 5.10 Å². The average molecular weight is 334 g/mol. The number of fused-ring (bicyclic) bond motifs is 1. The maximum atomic E-state index is 11.5. The zero-order valence-corrected chi connectivity index (χ0v) is 10.8. The van der Waals surface area contributed by atoms with Gasteiger partial charge in [0.2, 0.25) is 0 Å². The smallest absolute Gasteiger partial charge is 0.338 e. The minimum Gasteiger partial charge on any atom is -0.465 e. The number of nitrogens with zero attached hydrogens (tertiary/aromatic N) is 1. The molecule has 0 amide bonds. The van der Waals surface area contributed by atoms with Gasteiger partial charge in [0.05, 0.1) is 18.2 Å². The molecule has 1 aromatic carbocycles. The van der Waals surface area contributed by atoms with E-state index in [9.17, 15) is 4.79 Å². The first-order valence-electron chi connectivity index (χ1n) is 4.05. The van der Waals surface area contributed by atoms with Crippen molar-refractivity contribution < 1.29 is 9.53 Å². The summed E-state index contributed by atoms with van der Waals surface area (Å²) < 4.78 is 6.16. The number of halogens is 2.